The highest BCUT2D eigenvalue weighted by molar-refractivity contribution is 7.89. The van der Waals surface area contributed by atoms with E-state index in [1.165, 1.54) is 10.4 Å². The first kappa shape index (κ1) is 18.2. The van der Waals surface area contributed by atoms with Crippen molar-refractivity contribution in [2.75, 3.05) is 32.7 Å². The highest BCUT2D eigenvalue weighted by Crippen LogP contribution is 2.18. The fraction of sp³-hybridized carbons (Fsp3) is 0.714. The summed E-state index contributed by atoms with van der Waals surface area (Å²) in [4.78, 5) is 2.28. The van der Waals surface area contributed by atoms with E-state index in [-0.39, 0.29) is 11.6 Å². The van der Waals surface area contributed by atoms with Gasteiger partial charge in [0.1, 0.15) is 5.76 Å². The SMILES string of the molecule is CCN(CC)CCCN(CC)S(=O)(=O)c1ccc(CN)o1. The molecule has 1 aromatic heterocycles. The van der Waals surface area contributed by atoms with Gasteiger partial charge >= 0.3 is 0 Å². The largest absolute Gasteiger partial charge is 0.447 e. The first-order valence-electron chi connectivity index (χ1n) is 7.50. The zero-order chi connectivity index (χ0) is 15.9. The minimum absolute atomic E-state index is 0.0207. The van der Waals surface area contributed by atoms with Crippen LogP contribution in [0, 0.1) is 0 Å². The molecule has 0 fully saturated rings. The molecular formula is C14H27N3O3S. The van der Waals surface area contributed by atoms with Crippen LogP contribution in [0.1, 0.15) is 33.0 Å². The second-order valence-corrected chi connectivity index (χ2v) is 6.67. The number of nitrogens with two attached hydrogens (primary N) is 1. The zero-order valence-electron chi connectivity index (χ0n) is 13.2. The predicted octanol–water partition coefficient (Wildman–Crippen LogP) is 1.48. The number of nitrogens with zero attached hydrogens (tertiary/aromatic N) is 2. The maximum atomic E-state index is 12.5. The molecule has 0 unspecified atom stereocenters. The first-order chi connectivity index (χ1) is 9.99. The molecule has 0 spiro atoms. The molecule has 0 atom stereocenters. The van der Waals surface area contributed by atoms with Crippen molar-refractivity contribution in [2.24, 2.45) is 5.73 Å². The van der Waals surface area contributed by atoms with Crippen molar-refractivity contribution in [3.05, 3.63) is 17.9 Å². The molecule has 21 heavy (non-hydrogen) atoms. The van der Waals surface area contributed by atoms with E-state index in [1.807, 2.05) is 6.92 Å². The summed E-state index contributed by atoms with van der Waals surface area (Å²) in [5, 5.41) is -0.0207. The Hall–Kier alpha value is -0.890. The summed E-state index contributed by atoms with van der Waals surface area (Å²) in [5.74, 6) is 0.479. The van der Waals surface area contributed by atoms with Gasteiger partial charge < -0.3 is 15.1 Å². The zero-order valence-corrected chi connectivity index (χ0v) is 14.0. The van der Waals surface area contributed by atoms with Gasteiger partial charge in [-0.15, -0.1) is 0 Å². The van der Waals surface area contributed by atoms with Gasteiger partial charge in [-0.3, -0.25) is 0 Å². The molecule has 0 radical (unpaired) electrons. The molecule has 6 nitrogen and oxygen atoms in total. The van der Waals surface area contributed by atoms with Gasteiger partial charge in [0.2, 0.25) is 5.09 Å². The number of hydrogen-bond donors (Lipinski definition) is 1. The monoisotopic (exact) mass is 317 g/mol. The maximum Gasteiger partial charge on any atom is 0.276 e. The quantitative estimate of drug-likeness (QED) is 0.707. The average Bonchev–Trinajstić information content (AvgIpc) is 2.97. The van der Waals surface area contributed by atoms with Crippen molar-refractivity contribution in [2.45, 2.75) is 38.8 Å². The smallest absolute Gasteiger partial charge is 0.276 e. The molecule has 0 aliphatic carbocycles. The normalized spacial score (nSPS) is 12.5. The van der Waals surface area contributed by atoms with Crippen molar-refractivity contribution >= 4 is 10.0 Å². The van der Waals surface area contributed by atoms with Crippen LogP contribution in [0.2, 0.25) is 0 Å². The summed E-state index contributed by atoms with van der Waals surface area (Å²) in [6.07, 6.45) is 0.805. The molecule has 0 saturated carbocycles. The van der Waals surface area contributed by atoms with Crippen LogP contribution in [-0.2, 0) is 16.6 Å². The van der Waals surface area contributed by atoms with Gasteiger partial charge in [0.15, 0.2) is 0 Å². The summed E-state index contributed by atoms with van der Waals surface area (Å²) in [5.41, 5.74) is 5.45. The van der Waals surface area contributed by atoms with Gasteiger partial charge in [0.25, 0.3) is 10.0 Å². The Morgan fingerprint density at radius 3 is 2.24 bits per heavy atom. The number of rotatable bonds is 10. The fourth-order valence-electron chi connectivity index (χ4n) is 2.19. The van der Waals surface area contributed by atoms with Gasteiger partial charge in [-0.05, 0) is 38.2 Å². The third kappa shape index (κ3) is 4.81. The number of hydrogen-bond acceptors (Lipinski definition) is 5. The molecule has 1 aromatic rings. The summed E-state index contributed by atoms with van der Waals surface area (Å²) >= 11 is 0. The van der Waals surface area contributed by atoms with Crippen LogP contribution in [0.5, 0.6) is 0 Å². The van der Waals surface area contributed by atoms with E-state index < -0.39 is 10.0 Å². The van der Waals surface area contributed by atoms with E-state index >= 15 is 0 Å². The van der Waals surface area contributed by atoms with E-state index in [9.17, 15) is 8.42 Å². The molecule has 0 aliphatic rings. The van der Waals surface area contributed by atoms with Crippen molar-refractivity contribution < 1.29 is 12.8 Å². The van der Waals surface area contributed by atoms with Gasteiger partial charge in [-0.1, -0.05) is 20.8 Å². The molecule has 0 saturated heterocycles. The minimum atomic E-state index is -3.56. The summed E-state index contributed by atoms with van der Waals surface area (Å²) < 4.78 is 31.7. The Morgan fingerprint density at radius 1 is 1.10 bits per heavy atom. The molecule has 0 aromatic carbocycles. The van der Waals surface area contributed by atoms with E-state index in [0.29, 0.717) is 18.8 Å². The lowest BCUT2D eigenvalue weighted by Crippen LogP contribution is -2.34. The molecule has 2 N–H and O–H groups in total. The van der Waals surface area contributed by atoms with E-state index in [1.54, 1.807) is 6.07 Å². The highest BCUT2D eigenvalue weighted by Gasteiger charge is 2.26. The lowest BCUT2D eigenvalue weighted by Gasteiger charge is -2.22. The lowest BCUT2D eigenvalue weighted by atomic mass is 10.3. The number of furan rings is 1. The van der Waals surface area contributed by atoms with Crippen LogP contribution in [0.15, 0.2) is 21.6 Å². The first-order valence-corrected chi connectivity index (χ1v) is 8.94. The molecule has 1 rings (SSSR count). The Morgan fingerprint density at radius 2 is 1.76 bits per heavy atom. The van der Waals surface area contributed by atoms with E-state index in [4.69, 9.17) is 10.2 Å². The Bertz CT molecular complexity index is 509. The van der Waals surface area contributed by atoms with Crippen LogP contribution in [0.4, 0.5) is 0 Å². The van der Waals surface area contributed by atoms with Gasteiger partial charge in [0, 0.05) is 13.1 Å². The third-order valence-electron chi connectivity index (χ3n) is 3.56. The molecular weight excluding hydrogens is 290 g/mol. The molecule has 122 valence electrons. The molecule has 0 bridgehead atoms. The van der Waals surface area contributed by atoms with Crippen LogP contribution in [-0.4, -0.2) is 50.3 Å². The van der Waals surface area contributed by atoms with E-state index in [2.05, 4.69) is 18.7 Å². The molecule has 1 heterocycles. The topological polar surface area (TPSA) is 79.8 Å². The van der Waals surface area contributed by atoms with E-state index in [0.717, 1.165) is 26.1 Å². The van der Waals surface area contributed by atoms with Crippen molar-refractivity contribution in [3.63, 3.8) is 0 Å². The second kappa shape index (κ2) is 8.53. The van der Waals surface area contributed by atoms with Crippen LogP contribution in [0.3, 0.4) is 0 Å². The van der Waals surface area contributed by atoms with Gasteiger partial charge in [-0.25, -0.2) is 8.42 Å². The second-order valence-electron chi connectivity index (χ2n) is 4.80. The lowest BCUT2D eigenvalue weighted by molar-refractivity contribution is 0.283. The summed E-state index contributed by atoms with van der Waals surface area (Å²) in [6, 6.07) is 3.08. The Labute approximate surface area is 127 Å². The Balaban J connectivity index is 2.69. The standard InChI is InChI=1S/C14H27N3O3S/c1-4-16(5-2)10-7-11-17(6-3)21(18,19)14-9-8-13(12-15)20-14/h8-9H,4-7,10-12,15H2,1-3H3. The fourth-order valence-corrected chi connectivity index (χ4v) is 3.61. The predicted molar refractivity (Wildman–Crippen MR) is 83.4 cm³/mol. The molecule has 0 aliphatic heterocycles. The van der Waals surface area contributed by atoms with Crippen molar-refractivity contribution in [3.8, 4) is 0 Å². The summed E-state index contributed by atoms with van der Waals surface area (Å²) in [6.45, 7) is 10.0. The summed E-state index contributed by atoms with van der Waals surface area (Å²) in [7, 11) is -3.56. The van der Waals surface area contributed by atoms with Crippen molar-refractivity contribution in [1.82, 2.24) is 9.21 Å². The molecule has 7 heteroatoms. The third-order valence-corrected chi connectivity index (χ3v) is 5.41. The van der Waals surface area contributed by atoms with Crippen molar-refractivity contribution in [1.29, 1.82) is 0 Å². The van der Waals surface area contributed by atoms with Gasteiger partial charge in [0.05, 0.1) is 6.54 Å². The Kier molecular flexibility index (Phi) is 7.37. The van der Waals surface area contributed by atoms with Crippen LogP contribution in [0.25, 0.3) is 0 Å². The van der Waals surface area contributed by atoms with Crippen LogP contribution >= 0.6 is 0 Å². The molecule has 0 amide bonds. The highest BCUT2D eigenvalue weighted by atomic mass is 32.2. The van der Waals surface area contributed by atoms with Gasteiger partial charge in [-0.2, -0.15) is 4.31 Å². The van der Waals surface area contributed by atoms with Crippen LogP contribution < -0.4 is 5.73 Å². The maximum absolute atomic E-state index is 12.5. The minimum Gasteiger partial charge on any atom is -0.447 e. The number of sulfonamides is 1. The average molecular weight is 317 g/mol.